The van der Waals surface area contributed by atoms with E-state index in [9.17, 15) is 9.59 Å². The van der Waals surface area contributed by atoms with Crippen molar-refractivity contribution in [3.8, 4) is 0 Å². The molecular formula is C11H11ClN4O2. The predicted molar refractivity (Wildman–Crippen MR) is 68.4 cm³/mol. The molecule has 18 heavy (non-hydrogen) atoms. The van der Waals surface area contributed by atoms with Gasteiger partial charge in [-0.3, -0.25) is 14.9 Å². The number of guanidine groups is 1. The van der Waals surface area contributed by atoms with Crippen molar-refractivity contribution in [1.82, 2.24) is 10.2 Å². The number of amides is 2. The molecule has 1 aromatic carbocycles. The molecule has 0 atom stereocenters. The van der Waals surface area contributed by atoms with Gasteiger partial charge in [-0.2, -0.15) is 4.99 Å². The van der Waals surface area contributed by atoms with Crippen molar-refractivity contribution in [3.63, 3.8) is 0 Å². The number of hydrogen-bond acceptors (Lipinski definition) is 3. The minimum Gasteiger partial charge on any atom is -0.398 e. The van der Waals surface area contributed by atoms with E-state index < -0.39 is 5.91 Å². The fourth-order valence-electron chi connectivity index (χ4n) is 1.55. The van der Waals surface area contributed by atoms with Crippen molar-refractivity contribution in [1.29, 1.82) is 0 Å². The fraction of sp³-hybridized carbons (Fsp3) is 0.182. The molecule has 0 unspecified atom stereocenters. The second-order valence-electron chi connectivity index (χ2n) is 3.88. The molecule has 1 aliphatic heterocycles. The first-order valence-corrected chi connectivity index (χ1v) is 5.54. The summed E-state index contributed by atoms with van der Waals surface area (Å²) in [5.41, 5.74) is 6.19. The minimum atomic E-state index is -0.520. The SMILES string of the molecule is CN1CC(=O)NC1=NC(=O)c1ccc(Cl)cc1N. The van der Waals surface area contributed by atoms with Crippen LogP contribution in [-0.4, -0.2) is 36.3 Å². The van der Waals surface area contributed by atoms with Gasteiger partial charge in [-0.25, -0.2) is 0 Å². The highest BCUT2D eigenvalue weighted by molar-refractivity contribution is 6.31. The van der Waals surface area contributed by atoms with Crippen LogP contribution in [0.25, 0.3) is 0 Å². The number of likely N-dealkylation sites (N-methyl/N-ethyl adjacent to an activating group) is 1. The number of hydrogen-bond donors (Lipinski definition) is 2. The first-order chi connectivity index (χ1) is 8.47. The number of nitrogen functional groups attached to an aromatic ring is 1. The Bertz CT molecular complexity index is 556. The lowest BCUT2D eigenvalue weighted by molar-refractivity contribution is -0.118. The molecule has 0 radical (unpaired) electrons. The van der Waals surface area contributed by atoms with Crippen molar-refractivity contribution >= 4 is 35.1 Å². The van der Waals surface area contributed by atoms with Gasteiger partial charge in [-0.15, -0.1) is 0 Å². The molecule has 1 fully saturated rings. The summed E-state index contributed by atoms with van der Waals surface area (Å²) < 4.78 is 0. The summed E-state index contributed by atoms with van der Waals surface area (Å²) in [7, 11) is 1.66. The maximum Gasteiger partial charge on any atom is 0.282 e. The van der Waals surface area contributed by atoms with Gasteiger partial charge in [0.15, 0.2) is 0 Å². The molecule has 0 spiro atoms. The van der Waals surface area contributed by atoms with Crippen LogP contribution in [0, 0.1) is 0 Å². The third kappa shape index (κ3) is 2.43. The van der Waals surface area contributed by atoms with Crippen molar-refractivity contribution in [3.05, 3.63) is 28.8 Å². The quantitative estimate of drug-likeness (QED) is 0.724. The van der Waals surface area contributed by atoms with Crippen LogP contribution in [-0.2, 0) is 4.79 Å². The predicted octanol–water partition coefficient (Wildman–Crippen LogP) is 0.480. The van der Waals surface area contributed by atoms with Gasteiger partial charge in [0.2, 0.25) is 11.9 Å². The van der Waals surface area contributed by atoms with Gasteiger partial charge >= 0.3 is 0 Å². The molecule has 6 nitrogen and oxygen atoms in total. The molecule has 0 bridgehead atoms. The average Bonchev–Trinajstić information content (AvgIpc) is 2.57. The Balaban J connectivity index is 2.27. The van der Waals surface area contributed by atoms with Crippen molar-refractivity contribution in [2.75, 3.05) is 19.3 Å². The molecule has 0 aromatic heterocycles. The first-order valence-electron chi connectivity index (χ1n) is 5.16. The minimum absolute atomic E-state index is 0.183. The Hall–Kier alpha value is -2.08. The molecular weight excluding hydrogens is 256 g/mol. The summed E-state index contributed by atoms with van der Waals surface area (Å²) in [5.74, 6) is -0.499. The molecule has 2 rings (SSSR count). The van der Waals surface area contributed by atoms with E-state index in [1.807, 2.05) is 0 Å². The van der Waals surface area contributed by atoms with E-state index in [4.69, 9.17) is 17.3 Å². The zero-order valence-corrected chi connectivity index (χ0v) is 10.4. The summed E-state index contributed by atoms with van der Waals surface area (Å²) in [6, 6.07) is 4.54. The Morgan fingerprint density at radius 1 is 1.56 bits per heavy atom. The van der Waals surface area contributed by atoms with Gasteiger partial charge in [0.1, 0.15) is 0 Å². The summed E-state index contributed by atoms with van der Waals surface area (Å²) >= 11 is 5.74. The molecule has 1 aliphatic rings. The van der Waals surface area contributed by atoms with Crippen molar-refractivity contribution in [2.45, 2.75) is 0 Å². The summed E-state index contributed by atoms with van der Waals surface area (Å²) in [6.45, 7) is 0.183. The van der Waals surface area contributed by atoms with Crippen molar-refractivity contribution < 1.29 is 9.59 Å². The topological polar surface area (TPSA) is 87.8 Å². The van der Waals surface area contributed by atoms with Crippen LogP contribution in [0.3, 0.4) is 0 Å². The first kappa shape index (κ1) is 12.4. The van der Waals surface area contributed by atoms with Crippen LogP contribution in [0.15, 0.2) is 23.2 Å². The standard InChI is InChI=1S/C11H11ClN4O2/c1-16-5-9(17)14-11(16)15-10(18)7-3-2-6(12)4-8(7)13/h2-4H,5,13H2,1H3,(H,14,15,17,18). The number of carbonyl (C=O) groups is 2. The highest BCUT2D eigenvalue weighted by atomic mass is 35.5. The number of halogens is 1. The van der Waals surface area contributed by atoms with Gasteiger partial charge in [0.05, 0.1) is 12.1 Å². The molecule has 1 saturated heterocycles. The molecule has 7 heteroatoms. The molecule has 3 N–H and O–H groups in total. The summed E-state index contributed by atoms with van der Waals surface area (Å²) in [6.07, 6.45) is 0. The molecule has 1 heterocycles. The number of anilines is 1. The van der Waals surface area contributed by atoms with Crippen LogP contribution in [0.1, 0.15) is 10.4 Å². The number of nitrogens with zero attached hydrogens (tertiary/aromatic N) is 2. The monoisotopic (exact) mass is 266 g/mol. The summed E-state index contributed by atoms with van der Waals surface area (Å²) in [5, 5.41) is 2.93. The molecule has 0 saturated carbocycles. The van der Waals surface area contributed by atoms with Crippen LogP contribution in [0.5, 0.6) is 0 Å². The van der Waals surface area contributed by atoms with E-state index in [2.05, 4.69) is 10.3 Å². The summed E-state index contributed by atoms with van der Waals surface area (Å²) in [4.78, 5) is 28.4. The zero-order chi connectivity index (χ0) is 13.3. The van der Waals surface area contributed by atoms with E-state index in [1.54, 1.807) is 18.0 Å². The number of nitrogens with two attached hydrogens (primary N) is 1. The van der Waals surface area contributed by atoms with E-state index in [-0.39, 0.29) is 29.7 Å². The largest absolute Gasteiger partial charge is 0.398 e. The van der Waals surface area contributed by atoms with Crippen LogP contribution in [0.2, 0.25) is 5.02 Å². The number of nitrogens with one attached hydrogen (secondary N) is 1. The molecule has 0 aliphatic carbocycles. The maximum absolute atomic E-state index is 11.9. The number of rotatable bonds is 1. The Morgan fingerprint density at radius 2 is 2.28 bits per heavy atom. The Labute approximate surface area is 108 Å². The van der Waals surface area contributed by atoms with Crippen LogP contribution >= 0.6 is 11.6 Å². The van der Waals surface area contributed by atoms with E-state index in [1.165, 1.54) is 12.1 Å². The van der Waals surface area contributed by atoms with Gasteiger partial charge < -0.3 is 10.6 Å². The Morgan fingerprint density at radius 3 is 2.83 bits per heavy atom. The Kier molecular flexibility index (Phi) is 3.20. The lowest BCUT2D eigenvalue weighted by atomic mass is 10.2. The molecule has 2 amide bonds. The van der Waals surface area contributed by atoms with Crippen LogP contribution in [0.4, 0.5) is 5.69 Å². The number of carbonyl (C=O) groups excluding carboxylic acids is 2. The maximum atomic E-state index is 11.9. The van der Waals surface area contributed by atoms with E-state index in [0.29, 0.717) is 5.02 Å². The number of benzene rings is 1. The third-order valence-corrected chi connectivity index (χ3v) is 2.68. The second-order valence-corrected chi connectivity index (χ2v) is 4.31. The smallest absolute Gasteiger partial charge is 0.282 e. The van der Waals surface area contributed by atoms with Gasteiger partial charge in [0, 0.05) is 17.8 Å². The highest BCUT2D eigenvalue weighted by Crippen LogP contribution is 2.18. The molecule has 1 aromatic rings. The highest BCUT2D eigenvalue weighted by Gasteiger charge is 2.22. The van der Waals surface area contributed by atoms with E-state index >= 15 is 0 Å². The van der Waals surface area contributed by atoms with Gasteiger partial charge in [-0.05, 0) is 18.2 Å². The van der Waals surface area contributed by atoms with Gasteiger partial charge in [0.25, 0.3) is 5.91 Å². The average molecular weight is 267 g/mol. The lowest BCUT2D eigenvalue weighted by Gasteiger charge is -2.08. The zero-order valence-electron chi connectivity index (χ0n) is 9.61. The van der Waals surface area contributed by atoms with Crippen LogP contribution < -0.4 is 11.1 Å². The fourth-order valence-corrected chi connectivity index (χ4v) is 1.73. The number of aliphatic imine (C=N–C) groups is 1. The van der Waals surface area contributed by atoms with E-state index in [0.717, 1.165) is 0 Å². The normalized spacial score (nSPS) is 17.1. The van der Waals surface area contributed by atoms with Gasteiger partial charge in [-0.1, -0.05) is 11.6 Å². The lowest BCUT2D eigenvalue weighted by Crippen LogP contribution is -2.28. The third-order valence-electron chi connectivity index (χ3n) is 2.45. The van der Waals surface area contributed by atoms with Crippen molar-refractivity contribution in [2.24, 2.45) is 4.99 Å². The molecule has 94 valence electrons. The second kappa shape index (κ2) is 4.66.